The van der Waals surface area contributed by atoms with Crippen molar-refractivity contribution in [1.29, 1.82) is 0 Å². The largest absolute Gasteiger partial charge is 0.467 e. The molecule has 0 saturated heterocycles. The first-order valence-electron chi connectivity index (χ1n) is 5.10. The third kappa shape index (κ3) is 2.81. The van der Waals surface area contributed by atoms with Gasteiger partial charge >= 0.3 is 0 Å². The molecule has 3 heteroatoms. The summed E-state index contributed by atoms with van der Waals surface area (Å²) in [5.41, 5.74) is 6.70. The number of furan rings is 1. The van der Waals surface area contributed by atoms with Crippen molar-refractivity contribution in [3.8, 4) is 0 Å². The third-order valence-electron chi connectivity index (χ3n) is 2.39. The maximum Gasteiger partial charge on any atom is 0.129 e. The maximum absolute atomic E-state index is 5.65. The van der Waals surface area contributed by atoms with Crippen molar-refractivity contribution in [2.45, 2.75) is 19.1 Å². The zero-order valence-corrected chi connectivity index (χ0v) is 8.56. The number of nitrogens with two attached hydrogens (primary N) is 1. The molecule has 0 fully saturated rings. The lowest BCUT2D eigenvalue weighted by molar-refractivity contribution is 0.0615. The second kappa shape index (κ2) is 4.96. The normalized spacial score (nSPS) is 20.3. The average Bonchev–Trinajstić information content (AvgIpc) is 2.80. The van der Waals surface area contributed by atoms with Crippen LogP contribution in [0, 0.1) is 0 Å². The van der Waals surface area contributed by atoms with Gasteiger partial charge in [0.25, 0.3) is 0 Å². The number of ether oxygens (including phenoxy) is 1. The van der Waals surface area contributed by atoms with Crippen LogP contribution in [-0.4, -0.2) is 12.6 Å². The Balaban J connectivity index is 1.79. The van der Waals surface area contributed by atoms with Gasteiger partial charge in [0.05, 0.1) is 12.4 Å². The summed E-state index contributed by atoms with van der Waals surface area (Å²) in [6, 6.07) is 3.77. The average molecular weight is 205 g/mol. The molecule has 0 amide bonds. The van der Waals surface area contributed by atoms with E-state index in [-0.39, 0.29) is 6.10 Å². The lowest BCUT2D eigenvalue weighted by atomic mass is 10.1. The molecule has 0 spiro atoms. The van der Waals surface area contributed by atoms with Crippen LogP contribution in [0.5, 0.6) is 0 Å². The number of hydrogen-bond donors (Lipinski definition) is 1. The number of rotatable bonds is 4. The number of hydrogen-bond acceptors (Lipinski definition) is 3. The van der Waals surface area contributed by atoms with Crippen LogP contribution in [0.25, 0.3) is 0 Å². The fourth-order valence-electron chi connectivity index (χ4n) is 1.50. The molecule has 1 aromatic heterocycles. The highest BCUT2D eigenvalue weighted by atomic mass is 16.5. The van der Waals surface area contributed by atoms with Gasteiger partial charge in [-0.25, -0.2) is 0 Å². The quantitative estimate of drug-likeness (QED) is 0.818. The van der Waals surface area contributed by atoms with Gasteiger partial charge in [-0.15, -0.1) is 0 Å². The van der Waals surface area contributed by atoms with Crippen molar-refractivity contribution < 1.29 is 9.15 Å². The second-order valence-corrected chi connectivity index (χ2v) is 3.51. The van der Waals surface area contributed by atoms with E-state index in [9.17, 15) is 0 Å². The van der Waals surface area contributed by atoms with Crippen LogP contribution in [0.4, 0.5) is 0 Å². The van der Waals surface area contributed by atoms with Crippen LogP contribution in [0.2, 0.25) is 0 Å². The summed E-state index contributed by atoms with van der Waals surface area (Å²) in [5.74, 6) is 0.858. The van der Waals surface area contributed by atoms with Crippen LogP contribution in [0.15, 0.2) is 46.6 Å². The lowest BCUT2D eigenvalue weighted by Crippen LogP contribution is -2.13. The molecule has 1 heterocycles. The zero-order chi connectivity index (χ0) is 10.5. The van der Waals surface area contributed by atoms with Crippen LogP contribution < -0.4 is 5.73 Å². The Morgan fingerprint density at radius 3 is 3.07 bits per heavy atom. The van der Waals surface area contributed by atoms with Crippen LogP contribution in [-0.2, 0) is 11.3 Å². The summed E-state index contributed by atoms with van der Waals surface area (Å²) in [7, 11) is 0. The van der Waals surface area contributed by atoms with E-state index in [1.807, 2.05) is 24.3 Å². The molecule has 1 unspecified atom stereocenters. The summed E-state index contributed by atoms with van der Waals surface area (Å²) < 4.78 is 10.8. The van der Waals surface area contributed by atoms with Gasteiger partial charge in [-0.1, -0.05) is 18.2 Å². The van der Waals surface area contributed by atoms with E-state index in [1.54, 1.807) is 6.26 Å². The molecule has 1 aliphatic carbocycles. The molecule has 15 heavy (non-hydrogen) atoms. The van der Waals surface area contributed by atoms with Gasteiger partial charge in [0.15, 0.2) is 0 Å². The van der Waals surface area contributed by atoms with Gasteiger partial charge in [-0.05, 0) is 24.1 Å². The molecule has 0 aliphatic heterocycles. The third-order valence-corrected chi connectivity index (χ3v) is 2.39. The van der Waals surface area contributed by atoms with Crippen molar-refractivity contribution in [3.05, 3.63) is 48.0 Å². The van der Waals surface area contributed by atoms with Crippen LogP contribution in [0.3, 0.4) is 0 Å². The molecule has 1 atom stereocenters. The molecule has 0 saturated carbocycles. The van der Waals surface area contributed by atoms with E-state index < -0.39 is 0 Å². The first-order chi connectivity index (χ1) is 7.38. The molecule has 3 nitrogen and oxygen atoms in total. The predicted molar refractivity (Wildman–Crippen MR) is 58.2 cm³/mol. The summed E-state index contributed by atoms with van der Waals surface area (Å²) in [5, 5.41) is 0. The van der Waals surface area contributed by atoms with E-state index in [4.69, 9.17) is 14.9 Å². The molecule has 2 N–H and O–H groups in total. The van der Waals surface area contributed by atoms with Crippen molar-refractivity contribution in [2.24, 2.45) is 5.73 Å². The van der Waals surface area contributed by atoms with Crippen molar-refractivity contribution in [1.82, 2.24) is 0 Å². The van der Waals surface area contributed by atoms with Crippen LogP contribution in [0.1, 0.15) is 12.2 Å². The molecule has 1 aromatic rings. The summed E-state index contributed by atoms with van der Waals surface area (Å²) in [4.78, 5) is 0. The van der Waals surface area contributed by atoms with Crippen molar-refractivity contribution >= 4 is 0 Å². The minimum absolute atomic E-state index is 0.144. The summed E-state index contributed by atoms with van der Waals surface area (Å²) in [6.07, 6.45) is 8.88. The molecule has 0 radical (unpaired) electrons. The Morgan fingerprint density at radius 1 is 1.53 bits per heavy atom. The molecule has 1 aliphatic rings. The van der Waals surface area contributed by atoms with Crippen molar-refractivity contribution in [2.75, 3.05) is 6.54 Å². The summed E-state index contributed by atoms with van der Waals surface area (Å²) >= 11 is 0. The molecule has 0 bridgehead atoms. The standard InChI is InChI=1S/C12H15NO2/c13-8-10-3-5-11(6-4-10)15-9-12-2-1-7-14-12/h1-5,7,11H,6,8-9,13H2. The first kappa shape index (κ1) is 10.2. The minimum Gasteiger partial charge on any atom is -0.467 e. The van der Waals surface area contributed by atoms with Crippen LogP contribution >= 0.6 is 0 Å². The Labute approximate surface area is 89.2 Å². The summed E-state index contributed by atoms with van der Waals surface area (Å²) in [6.45, 7) is 1.12. The van der Waals surface area contributed by atoms with Crippen molar-refractivity contribution in [3.63, 3.8) is 0 Å². The lowest BCUT2D eigenvalue weighted by Gasteiger charge is -2.15. The highest BCUT2D eigenvalue weighted by Crippen LogP contribution is 2.14. The molecule has 80 valence electrons. The molecular weight excluding hydrogens is 190 g/mol. The molecule has 0 aromatic carbocycles. The van der Waals surface area contributed by atoms with Gasteiger partial charge in [0, 0.05) is 6.54 Å². The maximum atomic E-state index is 5.65. The van der Waals surface area contributed by atoms with Gasteiger partial charge in [0.1, 0.15) is 12.4 Å². The Bertz CT molecular complexity index is 352. The topological polar surface area (TPSA) is 48.4 Å². The highest BCUT2D eigenvalue weighted by molar-refractivity contribution is 5.25. The second-order valence-electron chi connectivity index (χ2n) is 3.51. The first-order valence-corrected chi connectivity index (χ1v) is 5.10. The van der Waals surface area contributed by atoms with E-state index in [0.29, 0.717) is 13.2 Å². The monoisotopic (exact) mass is 205 g/mol. The van der Waals surface area contributed by atoms with Gasteiger partial charge in [0.2, 0.25) is 0 Å². The Hall–Kier alpha value is -1.32. The highest BCUT2D eigenvalue weighted by Gasteiger charge is 2.09. The molecule has 2 rings (SSSR count). The fourth-order valence-corrected chi connectivity index (χ4v) is 1.50. The minimum atomic E-state index is 0.144. The van der Waals surface area contributed by atoms with E-state index >= 15 is 0 Å². The Morgan fingerprint density at radius 2 is 2.47 bits per heavy atom. The van der Waals surface area contributed by atoms with E-state index in [2.05, 4.69) is 6.08 Å². The van der Waals surface area contributed by atoms with E-state index in [1.165, 1.54) is 5.57 Å². The van der Waals surface area contributed by atoms with Gasteiger partial charge in [-0.3, -0.25) is 0 Å². The van der Waals surface area contributed by atoms with Gasteiger partial charge in [-0.2, -0.15) is 0 Å². The smallest absolute Gasteiger partial charge is 0.129 e. The van der Waals surface area contributed by atoms with Gasteiger partial charge < -0.3 is 14.9 Å². The predicted octanol–water partition coefficient (Wildman–Crippen LogP) is 2.01. The SMILES string of the molecule is NCC1=CCC(OCc2ccco2)C=C1. The van der Waals surface area contributed by atoms with E-state index in [0.717, 1.165) is 12.2 Å². The Kier molecular flexibility index (Phi) is 3.37. The zero-order valence-electron chi connectivity index (χ0n) is 8.56. The fraction of sp³-hybridized carbons (Fsp3) is 0.333. The molecular formula is C12H15NO2.